The summed E-state index contributed by atoms with van der Waals surface area (Å²) >= 11 is 1.67. The summed E-state index contributed by atoms with van der Waals surface area (Å²) in [5, 5.41) is 0.919. The van der Waals surface area contributed by atoms with Crippen molar-refractivity contribution in [3.8, 4) is 10.6 Å². The maximum absolute atomic E-state index is 13.2. The third-order valence-electron chi connectivity index (χ3n) is 6.27. The zero-order chi connectivity index (χ0) is 25.3. The molecule has 2 rings (SSSR count). The number of nitrogens with zero attached hydrogens (tertiary/aromatic N) is 1. The Kier molecular flexibility index (Phi) is 10.9. The second-order valence-electron chi connectivity index (χ2n) is 9.39. The van der Waals surface area contributed by atoms with E-state index in [2.05, 4.69) is 58.6 Å². The molecule has 0 radical (unpaired) electrons. The fourth-order valence-corrected chi connectivity index (χ4v) is 5.21. The largest absolute Gasteiger partial charge is 0.289 e. The van der Waals surface area contributed by atoms with Crippen molar-refractivity contribution >= 4 is 23.5 Å². The molecule has 0 bridgehead atoms. The summed E-state index contributed by atoms with van der Waals surface area (Å²) in [6.07, 6.45) is 18.8. The van der Waals surface area contributed by atoms with Crippen molar-refractivity contribution in [2.24, 2.45) is 0 Å². The van der Waals surface area contributed by atoms with Crippen LogP contribution >= 0.6 is 11.3 Å². The van der Waals surface area contributed by atoms with Gasteiger partial charge in [0.1, 0.15) is 0 Å². The molecular formula is C31H41NOS. The SMILES string of the molecule is C=C/C=c1/nc2c(C)c(C)c(=O)c(CC/C=C(\C)CC/C=C(\C)CCC=C(C)C)c-2s/c1=C/C. The van der Waals surface area contributed by atoms with E-state index in [0.717, 1.165) is 75.7 Å². The highest BCUT2D eigenvalue weighted by molar-refractivity contribution is 7.13. The van der Waals surface area contributed by atoms with Crippen LogP contribution in [-0.4, -0.2) is 4.98 Å². The van der Waals surface area contributed by atoms with Gasteiger partial charge in [0.2, 0.25) is 0 Å². The minimum atomic E-state index is 0.173. The van der Waals surface area contributed by atoms with Gasteiger partial charge < -0.3 is 0 Å². The molecule has 0 spiro atoms. The average Bonchev–Trinajstić information content (AvgIpc) is 2.79. The summed E-state index contributed by atoms with van der Waals surface area (Å²) in [6, 6.07) is 0. The fourth-order valence-electron chi connectivity index (χ4n) is 4.04. The third-order valence-corrected chi connectivity index (χ3v) is 7.57. The van der Waals surface area contributed by atoms with Crippen LogP contribution in [0.1, 0.15) is 83.4 Å². The maximum atomic E-state index is 13.2. The molecule has 1 heterocycles. The summed E-state index contributed by atoms with van der Waals surface area (Å²) < 4.78 is 1.08. The molecular weight excluding hydrogens is 434 g/mol. The Morgan fingerprint density at radius 2 is 1.56 bits per heavy atom. The Bertz CT molecular complexity index is 1250. The maximum Gasteiger partial charge on any atom is 0.186 e. The van der Waals surface area contributed by atoms with Crippen LogP contribution in [-0.2, 0) is 6.42 Å². The summed E-state index contributed by atoms with van der Waals surface area (Å²) in [6.45, 7) is 18.5. The van der Waals surface area contributed by atoms with Crippen LogP contribution in [0.4, 0.5) is 0 Å². The molecule has 34 heavy (non-hydrogen) atoms. The summed E-state index contributed by atoms with van der Waals surface area (Å²) in [4.78, 5) is 19.1. The van der Waals surface area contributed by atoms with Gasteiger partial charge in [-0.1, -0.05) is 53.7 Å². The fraction of sp³-hybridized carbons (Fsp3) is 0.419. The second-order valence-corrected chi connectivity index (χ2v) is 10.4. The second kappa shape index (κ2) is 13.4. The molecule has 3 heteroatoms. The quantitative estimate of drug-likeness (QED) is 0.336. The number of hydrogen-bond donors (Lipinski definition) is 0. The molecule has 0 aromatic heterocycles. The van der Waals surface area contributed by atoms with Crippen LogP contribution in [0.15, 0.2) is 52.4 Å². The number of rotatable bonds is 10. The highest BCUT2D eigenvalue weighted by Gasteiger charge is 2.19. The first-order chi connectivity index (χ1) is 16.2. The predicted molar refractivity (Wildman–Crippen MR) is 152 cm³/mol. The summed E-state index contributed by atoms with van der Waals surface area (Å²) in [5.74, 6) is 0. The van der Waals surface area contributed by atoms with Crippen LogP contribution in [0, 0.1) is 13.8 Å². The van der Waals surface area contributed by atoms with Crippen LogP contribution in [0.3, 0.4) is 0 Å². The van der Waals surface area contributed by atoms with Crippen molar-refractivity contribution in [2.75, 3.05) is 0 Å². The number of allylic oxidation sites excluding steroid dienone is 7. The van der Waals surface area contributed by atoms with Gasteiger partial charge in [0.25, 0.3) is 0 Å². The molecule has 0 aromatic rings. The average molecular weight is 476 g/mol. The molecule has 0 amide bonds. The Balaban J connectivity index is 2.19. The number of fused-ring (bicyclic) bond motifs is 1. The normalized spacial score (nSPS) is 13.6. The van der Waals surface area contributed by atoms with Crippen molar-refractivity contribution in [1.29, 1.82) is 0 Å². The first-order valence-electron chi connectivity index (χ1n) is 12.4. The minimum Gasteiger partial charge on any atom is -0.289 e. The lowest BCUT2D eigenvalue weighted by Crippen LogP contribution is -2.29. The van der Waals surface area contributed by atoms with E-state index in [-0.39, 0.29) is 5.43 Å². The topological polar surface area (TPSA) is 30.0 Å². The van der Waals surface area contributed by atoms with Gasteiger partial charge in [0, 0.05) is 15.7 Å². The molecule has 2 aliphatic rings. The van der Waals surface area contributed by atoms with Gasteiger partial charge in [-0.15, -0.1) is 11.3 Å². The molecule has 1 aliphatic carbocycles. The van der Waals surface area contributed by atoms with Crippen molar-refractivity contribution in [3.05, 3.63) is 84.4 Å². The zero-order valence-electron chi connectivity index (χ0n) is 22.2. The van der Waals surface area contributed by atoms with E-state index in [1.54, 1.807) is 17.4 Å². The Morgan fingerprint density at radius 3 is 2.15 bits per heavy atom. The zero-order valence-corrected chi connectivity index (χ0v) is 23.0. The molecule has 2 nitrogen and oxygen atoms in total. The van der Waals surface area contributed by atoms with E-state index in [4.69, 9.17) is 4.98 Å². The number of benzene rings is 1. The van der Waals surface area contributed by atoms with Crippen molar-refractivity contribution < 1.29 is 0 Å². The first kappa shape index (κ1) is 27.7. The van der Waals surface area contributed by atoms with Gasteiger partial charge in [-0.05, 0) is 98.6 Å². The number of hydrogen-bond acceptors (Lipinski definition) is 3. The molecule has 0 fully saturated rings. The molecule has 0 atom stereocenters. The van der Waals surface area contributed by atoms with Crippen molar-refractivity contribution in [3.63, 3.8) is 0 Å². The van der Waals surface area contributed by atoms with Crippen LogP contribution in [0.5, 0.6) is 0 Å². The molecule has 0 N–H and O–H groups in total. The molecule has 0 saturated carbocycles. The first-order valence-corrected chi connectivity index (χ1v) is 13.2. The monoisotopic (exact) mass is 475 g/mol. The Morgan fingerprint density at radius 1 is 0.941 bits per heavy atom. The predicted octanol–water partition coefficient (Wildman–Crippen LogP) is 7.34. The highest BCUT2D eigenvalue weighted by Crippen LogP contribution is 2.29. The van der Waals surface area contributed by atoms with Gasteiger partial charge in [0.15, 0.2) is 5.43 Å². The molecule has 1 aliphatic heterocycles. The lowest BCUT2D eigenvalue weighted by atomic mass is 9.96. The van der Waals surface area contributed by atoms with Crippen molar-refractivity contribution in [1.82, 2.24) is 4.98 Å². The lowest BCUT2D eigenvalue weighted by molar-refractivity contribution is 0.901. The van der Waals surface area contributed by atoms with Gasteiger partial charge in [-0.2, -0.15) is 0 Å². The van der Waals surface area contributed by atoms with Gasteiger partial charge in [-0.3, -0.25) is 4.79 Å². The number of aromatic nitrogens is 1. The van der Waals surface area contributed by atoms with E-state index in [0.29, 0.717) is 0 Å². The van der Waals surface area contributed by atoms with Gasteiger partial charge in [0.05, 0.1) is 15.9 Å². The van der Waals surface area contributed by atoms with E-state index in [1.165, 1.54) is 16.7 Å². The van der Waals surface area contributed by atoms with Crippen LogP contribution in [0.25, 0.3) is 22.7 Å². The Labute approximate surface area is 210 Å². The molecule has 0 unspecified atom stereocenters. The van der Waals surface area contributed by atoms with Crippen LogP contribution in [0.2, 0.25) is 0 Å². The molecule has 182 valence electrons. The minimum absolute atomic E-state index is 0.173. The van der Waals surface area contributed by atoms with Crippen LogP contribution < -0.4 is 15.3 Å². The third kappa shape index (κ3) is 7.50. The van der Waals surface area contributed by atoms with E-state index >= 15 is 0 Å². The van der Waals surface area contributed by atoms with Crippen molar-refractivity contribution in [2.45, 2.75) is 87.0 Å². The Hall–Kier alpha value is -2.52. The van der Waals surface area contributed by atoms with E-state index in [9.17, 15) is 4.79 Å². The highest BCUT2D eigenvalue weighted by atomic mass is 32.1. The summed E-state index contributed by atoms with van der Waals surface area (Å²) in [7, 11) is 0. The summed E-state index contributed by atoms with van der Waals surface area (Å²) in [5.41, 5.74) is 8.07. The molecule has 0 saturated heterocycles. The van der Waals surface area contributed by atoms with Gasteiger partial charge in [-0.25, -0.2) is 4.98 Å². The standard InChI is InChI=1S/C31H41NOS/c1-9-14-27-28(10-2)34-31-26(30(33)25(8)24(7)29(31)32-27)20-13-19-23(6)18-12-17-22(5)16-11-15-21(3)4/h9-10,14-15,17,19H,1,11-13,16,18,20H2,2-8H3/b22-17+,23-19+,27-14+,28-10+. The van der Waals surface area contributed by atoms with Gasteiger partial charge >= 0.3 is 0 Å². The smallest absolute Gasteiger partial charge is 0.186 e. The lowest BCUT2D eigenvalue weighted by Gasteiger charge is -2.15. The van der Waals surface area contributed by atoms with E-state index < -0.39 is 0 Å². The molecule has 0 aromatic carbocycles. The van der Waals surface area contributed by atoms with E-state index in [1.807, 2.05) is 26.8 Å².